The average molecular weight is 443 g/mol. The number of nitrogens with two attached hydrogens (primary N) is 1. The Labute approximate surface area is 182 Å². The second-order valence-corrected chi connectivity index (χ2v) is 9.45. The van der Waals surface area contributed by atoms with Crippen LogP contribution in [0.1, 0.15) is 12.0 Å². The lowest BCUT2D eigenvalue weighted by molar-refractivity contribution is 0.596. The molecule has 1 heterocycles. The molecule has 0 aliphatic rings. The first kappa shape index (κ1) is 22.3. The highest BCUT2D eigenvalue weighted by Crippen LogP contribution is 2.24. The van der Waals surface area contributed by atoms with E-state index in [9.17, 15) is 8.42 Å². The number of nitrogens with zero attached hydrogens (tertiary/aromatic N) is 1. The molecule has 0 saturated heterocycles. The van der Waals surface area contributed by atoms with Gasteiger partial charge in [0.25, 0.3) is 0 Å². The standard InChI is InChI=1S/C22H26N4O2S2/c23-30(27,28)22-9-5-4-8-21(22)26-19(17-29-20-6-2-1-3-7-20)12-15-25-16-18-10-13-24-14-11-18/h1-11,13-14,19,25-26H,12,15-17H2,(H2,23,27,28)/t19-/m1/s1. The average Bonchev–Trinajstić information content (AvgIpc) is 2.76. The fourth-order valence-electron chi connectivity index (χ4n) is 2.97. The number of primary sulfonamides is 1. The number of nitrogens with one attached hydrogen (secondary N) is 2. The number of anilines is 1. The van der Waals surface area contributed by atoms with Gasteiger partial charge in [-0.05, 0) is 54.9 Å². The molecular weight excluding hydrogens is 416 g/mol. The van der Waals surface area contributed by atoms with Gasteiger partial charge in [-0.1, -0.05) is 30.3 Å². The smallest absolute Gasteiger partial charge is 0.240 e. The lowest BCUT2D eigenvalue weighted by Crippen LogP contribution is -2.29. The molecule has 0 radical (unpaired) electrons. The van der Waals surface area contributed by atoms with Gasteiger partial charge in [-0.25, -0.2) is 13.6 Å². The summed E-state index contributed by atoms with van der Waals surface area (Å²) in [5.74, 6) is 0.792. The van der Waals surface area contributed by atoms with Crippen LogP contribution in [-0.2, 0) is 16.6 Å². The zero-order valence-corrected chi connectivity index (χ0v) is 18.2. The van der Waals surface area contributed by atoms with E-state index in [1.807, 2.05) is 30.3 Å². The fraction of sp³-hybridized carbons (Fsp3) is 0.227. The maximum atomic E-state index is 11.9. The summed E-state index contributed by atoms with van der Waals surface area (Å²) in [7, 11) is -3.80. The Morgan fingerprint density at radius 3 is 2.40 bits per heavy atom. The molecule has 0 unspecified atom stereocenters. The van der Waals surface area contributed by atoms with Gasteiger partial charge in [0.1, 0.15) is 4.90 Å². The number of hydrogen-bond acceptors (Lipinski definition) is 6. The van der Waals surface area contributed by atoms with Crippen LogP contribution in [0.25, 0.3) is 0 Å². The molecule has 0 amide bonds. The van der Waals surface area contributed by atoms with Crippen molar-refractivity contribution < 1.29 is 8.42 Å². The first-order chi connectivity index (χ1) is 14.5. The number of sulfonamides is 1. The van der Waals surface area contributed by atoms with Crippen molar-refractivity contribution in [3.05, 3.63) is 84.7 Å². The molecule has 3 aromatic rings. The number of pyridine rings is 1. The number of thioether (sulfide) groups is 1. The van der Waals surface area contributed by atoms with E-state index in [0.717, 1.165) is 25.3 Å². The maximum absolute atomic E-state index is 11.9. The number of rotatable bonds is 11. The fourth-order valence-corrected chi connectivity index (χ4v) is 4.67. The van der Waals surface area contributed by atoms with Crippen LogP contribution in [0.5, 0.6) is 0 Å². The van der Waals surface area contributed by atoms with Crippen molar-refractivity contribution in [2.24, 2.45) is 5.14 Å². The molecule has 0 spiro atoms. The van der Waals surface area contributed by atoms with E-state index in [4.69, 9.17) is 5.14 Å². The number of benzene rings is 2. The highest BCUT2D eigenvalue weighted by atomic mass is 32.2. The van der Waals surface area contributed by atoms with Gasteiger partial charge < -0.3 is 10.6 Å². The highest BCUT2D eigenvalue weighted by Gasteiger charge is 2.17. The van der Waals surface area contributed by atoms with E-state index in [0.29, 0.717) is 5.69 Å². The topological polar surface area (TPSA) is 97.1 Å². The van der Waals surface area contributed by atoms with Crippen LogP contribution in [-0.4, -0.2) is 31.7 Å². The normalized spacial score (nSPS) is 12.4. The molecule has 0 fully saturated rings. The van der Waals surface area contributed by atoms with Gasteiger partial charge in [0.05, 0.1) is 5.69 Å². The summed E-state index contributed by atoms with van der Waals surface area (Å²) in [5, 5.41) is 12.2. The van der Waals surface area contributed by atoms with E-state index in [-0.39, 0.29) is 10.9 Å². The lowest BCUT2D eigenvalue weighted by atomic mass is 10.2. The van der Waals surface area contributed by atoms with Gasteiger partial charge in [-0.15, -0.1) is 11.8 Å². The Kier molecular flexibility index (Phi) is 8.27. The molecule has 0 aliphatic heterocycles. The van der Waals surface area contributed by atoms with Gasteiger partial charge in [-0.3, -0.25) is 4.98 Å². The predicted molar refractivity (Wildman–Crippen MR) is 123 cm³/mol. The summed E-state index contributed by atoms with van der Waals surface area (Å²) in [6, 6.07) is 20.9. The third-order valence-corrected chi connectivity index (χ3v) is 6.64. The van der Waals surface area contributed by atoms with Crippen molar-refractivity contribution in [3.8, 4) is 0 Å². The minimum Gasteiger partial charge on any atom is -0.380 e. The molecule has 0 saturated carbocycles. The second kappa shape index (κ2) is 11.1. The summed E-state index contributed by atoms with van der Waals surface area (Å²) in [6.07, 6.45) is 4.38. The molecule has 3 rings (SSSR count). The Bertz CT molecular complexity index is 1020. The van der Waals surface area contributed by atoms with E-state index >= 15 is 0 Å². The summed E-state index contributed by atoms with van der Waals surface area (Å²) >= 11 is 1.74. The van der Waals surface area contributed by atoms with Gasteiger partial charge in [0.2, 0.25) is 10.0 Å². The van der Waals surface area contributed by atoms with Crippen LogP contribution in [0.15, 0.2) is 88.9 Å². The molecule has 2 aromatic carbocycles. The van der Waals surface area contributed by atoms with E-state index in [1.54, 1.807) is 42.4 Å². The minimum atomic E-state index is -3.80. The Hall–Kier alpha value is -2.39. The van der Waals surface area contributed by atoms with Crippen LogP contribution < -0.4 is 15.8 Å². The zero-order chi connectivity index (χ0) is 21.2. The Morgan fingerprint density at radius 1 is 0.967 bits per heavy atom. The van der Waals surface area contributed by atoms with E-state index in [2.05, 4.69) is 27.8 Å². The molecule has 0 aliphatic carbocycles. The van der Waals surface area contributed by atoms with Crippen molar-refractivity contribution in [3.63, 3.8) is 0 Å². The molecule has 8 heteroatoms. The van der Waals surface area contributed by atoms with Gasteiger partial charge in [0.15, 0.2) is 0 Å². The third-order valence-electron chi connectivity index (χ3n) is 4.50. The van der Waals surface area contributed by atoms with Crippen LogP contribution in [0.4, 0.5) is 5.69 Å². The molecule has 4 N–H and O–H groups in total. The Balaban J connectivity index is 1.64. The number of aromatic nitrogens is 1. The summed E-state index contributed by atoms with van der Waals surface area (Å²) in [6.45, 7) is 1.54. The number of para-hydroxylation sites is 1. The highest BCUT2D eigenvalue weighted by molar-refractivity contribution is 7.99. The van der Waals surface area contributed by atoms with Crippen molar-refractivity contribution >= 4 is 27.5 Å². The summed E-state index contributed by atoms with van der Waals surface area (Å²) in [4.78, 5) is 5.32. The SMILES string of the molecule is NS(=O)(=O)c1ccccc1N[C@H](CCNCc1ccncc1)CSc1ccccc1. The summed E-state index contributed by atoms with van der Waals surface area (Å²) < 4.78 is 23.9. The van der Waals surface area contributed by atoms with Crippen LogP contribution in [0, 0.1) is 0 Å². The van der Waals surface area contributed by atoms with Crippen molar-refractivity contribution in [2.45, 2.75) is 28.8 Å². The number of hydrogen-bond donors (Lipinski definition) is 3. The molecule has 0 bridgehead atoms. The first-order valence-corrected chi connectivity index (χ1v) is 12.2. The van der Waals surface area contributed by atoms with Crippen LogP contribution in [0.3, 0.4) is 0 Å². The van der Waals surface area contributed by atoms with Crippen LogP contribution in [0.2, 0.25) is 0 Å². The van der Waals surface area contributed by atoms with Gasteiger partial charge in [0, 0.05) is 35.6 Å². The lowest BCUT2D eigenvalue weighted by Gasteiger charge is -2.21. The zero-order valence-electron chi connectivity index (χ0n) is 16.6. The molecule has 30 heavy (non-hydrogen) atoms. The minimum absolute atomic E-state index is 0.0584. The quantitative estimate of drug-likeness (QED) is 0.311. The van der Waals surface area contributed by atoms with Crippen molar-refractivity contribution in [1.82, 2.24) is 10.3 Å². The monoisotopic (exact) mass is 442 g/mol. The van der Waals surface area contributed by atoms with E-state index < -0.39 is 10.0 Å². The van der Waals surface area contributed by atoms with Crippen molar-refractivity contribution in [2.75, 3.05) is 17.6 Å². The van der Waals surface area contributed by atoms with E-state index in [1.165, 1.54) is 16.5 Å². The first-order valence-electron chi connectivity index (χ1n) is 9.68. The molecule has 1 aromatic heterocycles. The second-order valence-electron chi connectivity index (χ2n) is 6.83. The van der Waals surface area contributed by atoms with Gasteiger partial charge >= 0.3 is 0 Å². The van der Waals surface area contributed by atoms with Crippen LogP contribution >= 0.6 is 11.8 Å². The predicted octanol–water partition coefficient (Wildman–Crippen LogP) is 3.48. The van der Waals surface area contributed by atoms with Crippen molar-refractivity contribution in [1.29, 1.82) is 0 Å². The van der Waals surface area contributed by atoms with Gasteiger partial charge in [-0.2, -0.15) is 0 Å². The largest absolute Gasteiger partial charge is 0.380 e. The molecular formula is C22H26N4O2S2. The molecule has 158 valence electrons. The summed E-state index contributed by atoms with van der Waals surface area (Å²) in [5.41, 5.74) is 1.71. The maximum Gasteiger partial charge on any atom is 0.240 e. The molecule has 6 nitrogen and oxygen atoms in total. The molecule has 1 atom stereocenters. The third kappa shape index (κ3) is 7.14. The Morgan fingerprint density at radius 2 is 1.67 bits per heavy atom.